The van der Waals surface area contributed by atoms with Crippen molar-refractivity contribution in [1.29, 1.82) is 0 Å². The summed E-state index contributed by atoms with van der Waals surface area (Å²) < 4.78 is 0. The summed E-state index contributed by atoms with van der Waals surface area (Å²) in [6, 6.07) is 10.3. The van der Waals surface area contributed by atoms with E-state index in [1.54, 1.807) is 0 Å². The zero-order valence-electron chi connectivity index (χ0n) is 17.4. The lowest BCUT2D eigenvalue weighted by atomic mass is 10.1. The third-order valence-corrected chi connectivity index (χ3v) is 4.43. The first-order chi connectivity index (χ1) is 13.8. The number of unbranched alkanes of at least 4 members (excludes halogenated alkanes) is 7. The van der Waals surface area contributed by atoms with Crippen LogP contribution in [-0.4, -0.2) is 12.5 Å². The largest absolute Gasteiger partial charge is 0.356 e. The average molecular weight is 378 g/mol. The highest BCUT2D eigenvalue weighted by Crippen LogP contribution is 2.07. The number of amides is 1. The third-order valence-electron chi connectivity index (χ3n) is 4.43. The van der Waals surface area contributed by atoms with E-state index in [0.29, 0.717) is 6.42 Å². The van der Waals surface area contributed by atoms with Gasteiger partial charge in [0.2, 0.25) is 5.91 Å². The fourth-order valence-electron chi connectivity index (χ4n) is 2.76. The zero-order chi connectivity index (χ0) is 20.1. The average Bonchev–Trinajstić information content (AvgIpc) is 2.71. The summed E-state index contributed by atoms with van der Waals surface area (Å²) >= 11 is 0. The SMILES string of the molecule is CCCC/C=C/C#CC#CCCCCCCCC(=O)NCCc1ccccc1. The molecule has 0 aliphatic rings. The monoisotopic (exact) mass is 377 g/mol. The lowest BCUT2D eigenvalue weighted by Gasteiger charge is -2.05. The van der Waals surface area contributed by atoms with Crippen molar-refractivity contribution in [3.8, 4) is 23.7 Å². The predicted molar refractivity (Wildman–Crippen MR) is 120 cm³/mol. The minimum Gasteiger partial charge on any atom is -0.356 e. The number of rotatable bonds is 13. The van der Waals surface area contributed by atoms with E-state index >= 15 is 0 Å². The Bertz CT molecular complexity index is 667. The van der Waals surface area contributed by atoms with Crippen molar-refractivity contribution in [1.82, 2.24) is 5.32 Å². The molecule has 0 unspecified atom stereocenters. The minimum absolute atomic E-state index is 0.170. The van der Waals surface area contributed by atoms with Crippen molar-refractivity contribution < 1.29 is 4.79 Å². The zero-order valence-corrected chi connectivity index (χ0v) is 17.4. The molecule has 0 spiro atoms. The highest BCUT2D eigenvalue weighted by Gasteiger charge is 2.00. The molecule has 0 fully saturated rings. The van der Waals surface area contributed by atoms with E-state index in [9.17, 15) is 4.79 Å². The maximum atomic E-state index is 11.8. The number of nitrogens with one attached hydrogen (secondary N) is 1. The Hall–Kier alpha value is -2.45. The maximum Gasteiger partial charge on any atom is 0.220 e. The van der Waals surface area contributed by atoms with E-state index in [0.717, 1.165) is 45.1 Å². The predicted octanol–water partition coefficient (Wildman–Crippen LogP) is 5.83. The highest BCUT2D eigenvalue weighted by molar-refractivity contribution is 5.75. The van der Waals surface area contributed by atoms with Crippen LogP contribution in [0.3, 0.4) is 0 Å². The van der Waals surface area contributed by atoms with Crippen molar-refractivity contribution in [3.05, 3.63) is 48.0 Å². The number of hydrogen-bond acceptors (Lipinski definition) is 1. The van der Waals surface area contributed by atoms with Gasteiger partial charge in [-0.3, -0.25) is 4.79 Å². The molecule has 0 heterocycles. The number of carbonyl (C=O) groups excluding carboxylic acids is 1. The van der Waals surface area contributed by atoms with Crippen molar-refractivity contribution in [2.24, 2.45) is 0 Å². The molecule has 0 atom stereocenters. The Balaban J connectivity index is 1.91. The van der Waals surface area contributed by atoms with E-state index in [2.05, 4.69) is 54.1 Å². The molecule has 150 valence electrons. The molecule has 1 amide bonds. The van der Waals surface area contributed by atoms with E-state index in [-0.39, 0.29) is 5.91 Å². The molecule has 0 aromatic heterocycles. The molecule has 0 radical (unpaired) electrons. The standard InChI is InChI=1S/C26H35NO/c1-2-3-4-5-6-7-8-9-10-11-12-13-14-15-19-22-26(28)27-24-23-25-20-17-16-18-21-25/h5-6,16-18,20-21H,2-4,11-15,19,22-24H2,1H3,(H,27,28)/b6-5+. The molecule has 0 aliphatic heterocycles. The molecule has 28 heavy (non-hydrogen) atoms. The van der Waals surface area contributed by atoms with Crippen molar-refractivity contribution in [3.63, 3.8) is 0 Å². The van der Waals surface area contributed by atoms with Crippen LogP contribution in [0.1, 0.15) is 76.7 Å². The van der Waals surface area contributed by atoms with Crippen LogP contribution in [0.4, 0.5) is 0 Å². The van der Waals surface area contributed by atoms with Crippen LogP contribution in [0.15, 0.2) is 42.5 Å². The summed E-state index contributed by atoms with van der Waals surface area (Å²) in [5.41, 5.74) is 1.26. The van der Waals surface area contributed by atoms with Gasteiger partial charge in [0.05, 0.1) is 0 Å². The van der Waals surface area contributed by atoms with Gasteiger partial charge >= 0.3 is 0 Å². The van der Waals surface area contributed by atoms with Crippen LogP contribution in [0.2, 0.25) is 0 Å². The van der Waals surface area contributed by atoms with Gasteiger partial charge in [-0.25, -0.2) is 0 Å². The van der Waals surface area contributed by atoms with Gasteiger partial charge in [0.25, 0.3) is 0 Å². The van der Waals surface area contributed by atoms with Gasteiger partial charge in [0.1, 0.15) is 0 Å². The second-order valence-electron chi connectivity index (χ2n) is 6.97. The van der Waals surface area contributed by atoms with E-state index in [1.807, 2.05) is 24.3 Å². The lowest BCUT2D eigenvalue weighted by Crippen LogP contribution is -2.25. The Kier molecular flexibility index (Phi) is 15.1. The Morgan fingerprint density at radius 3 is 2.61 bits per heavy atom. The smallest absolute Gasteiger partial charge is 0.220 e. The number of allylic oxidation sites excluding steroid dienone is 2. The summed E-state index contributed by atoms with van der Waals surface area (Å²) in [6.07, 6.45) is 15.6. The van der Waals surface area contributed by atoms with Crippen molar-refractivity contribution >= 4 is 5.91 Å². The van der Waals surface area contributed by atoms with E-state index in [4.69, 9.17) is 0 Å². The van der Waals surface area contributed by atoms with E-state index in [1.165, 1.54) is 31.2 Å². The second-order valence-corrected chi connectivity index (χ2v) is 6.97. The lowest BCUT2D eigenvalue weighted by molar-refractivity contribution is -0.121. The first-order valence-electron chi connectivity index (χ1n) is 10.8. The van der Waals surface area contributed by atoms with Crippen LogP contribution >= 0.6 is 0 Å². The van der Waals surface area contributed by atoms with Crippen LogP contribution in [0, 0.1) is 23.7 Å². The number of hydrogen-bond donors (Lipinski definition) is 1. The molecule has 1 aromatic carbocycles. The maximum absolute atomic E-state index is 11.8. The molecular weight excluding hydrogens is 342 g/mol. The van der Waals surface area contributed by atoms with E-state index < -0.39 is 0 Å². The van der Waals surface area contributed by atoms with Gasteiger partial charge in [0, 0.05) is 19.4 Å². The van der Waals surface area contributed by atoms with Gasteiger partial charge < -0.3 is 5.32 Å². The third kappa shape index (κ3) is 14.7. The van der Waals surface area contributed by atoms with Crippen molar-refractivity contribution in [2.75, 3.05) is 6.54 Å². The molecule has 1 rings (SSSR count). The second kappa shape index (κ2) is 17.9. The summed E-state index contributed by atoms with van der Waals surface area (Å²) in [7, 11) is 0. The van der Waals surface area contributed by atoms with Gasteiger partial charge in [-0.05, 0) is 49.2 Å². The van der Waals surface area contributed by atoms with Crippen LogP contribution in [0.25, 0.3) is 0 Å². The fraction of sp³-hybridized carbons (Fsp3) is 0.500. The molecule has 0 saturated heterocycles. The molecule has 2 heteroatoms. The fourth-order valence-corrected chi connectivity index (χ4v) is 2.76. The molecule has 1 aromatic rings. The summed E-state index contributed by atoms with van der Waals surface area (Å²) in [6.45, 7) is 2.91. The normalized spacial score (nSPS) is 10.0. The topological polar surface area (TPSA) is 29.1 Å². The Morgan fingerprint density at radius 1 is 1.00 bits per heavy atom. The summed E-state index contributed by atoms with van der Waals surface area (Å²) in [5, 5.41) is 3.01. The molecule has 0 aliphatic carbocycles. The first-order valence-corrected chi connectivity index (χ1v) is 10.8. The van der Waals surface area contributed by atoms with Gasteiger partial charge in [-0.2, -0.15) is 0 Å². The van der Waals surface area contributed by atoms with Crippen LogP contribution < -0.4 is 5.32 Å². The molecular formula is C26H35NO. The van der Waals surface area contributed by atoms with Gasteiger partial charge in [0.15, 0.2) is 0 Å². The first kappa shape index (κ1) is 23.6. The molecule has 0 bridgehead atoms. The minimum atomic E-state index is 0.170. The quantitative estimate of drug-likeness (QED) is 0.340. The molecule has 1 N–H and O–H groups in total. The number of benzene rings is 1. The van der Waals surface area contributed by atoms with Crippen LogP contribution in [-0.2, 0) is 11.2 Å². The number of carbonyl (C=O) groups is 1. The highest BCUT2D eigenvalue weighted by atomic mass is 16.1. The van der Waals surface area contributed by atoms with Crippen LogP contribution in [0.5, 0.6) is 0 Å². The summed E-state index contributed by atoms with van der Waals surface area (Å²) in [4.78, 5) is 11.8. The van der Waals surface area contributed by atoms with Crippen molar-refractivity contribution in [2.45, 2.75) is 77.6 Å². The van der Waals surface area contributed by atoms with Gasteiger partial charge in [-0.1, -0.05) is 87.3 Å². The molecule has 2 nitrogen and oxygen atoms in total. The summed E-state index contributed by atoms with van der Waals surface area (Å²) in [5.74, 6) is 12.0. The Labute approximate surface area is 172 Å². The Morgan fingerprint density at radius 2 is 1.79 bits per heavy atom. The molecule has 0 saturated carbocycles. The van der Waals surface area contributed by atoms with Gasteiger partial charge in [-0.15, -0.1) is 0 Å².